The summed E-state index contributed by atoms with van der Waals surface area (Å²) in [7, 11) is -1.11. The van der Waals surface area contributed by atoms with Gasteiger partial charge >= 0.3 is 11.3 Å². The zero-order chi connectivity index (χ0) is 11.1. The second kappa shape index (κ2) is 4.85. The van der Waals surface area contributed by atoms with Gasteiger partial charge < -0.3 is 0 Å². The molecule has 0 saturated carbocycles. The molecule has 0 aliphatic carbocycles. The molecule has 0 aromatic rings. The van der Waals surface area contributed by atoms with Crippen molar-refractivity contribution < 1.29 is 0 Å². The topological polar surface area (TPSA) is 0 Å². The van der Waals surface area contributed by atoms with Gasteiger partial charge in [-0.2, -0.15) is 0 Å². The molecule has 0 N–H and O–H groups in total. The maximum Gasteiger partial charge on any atom is 0.366 e. The molecule has 0 spiro atoms. The van der Waals surface area contributed by atoms with Gasteiger partial charge in [-0.3, -0.25) is 0 Å². The molecule has 0 aliphatic rings. The maximum absolute atomic E-state index is 5.95. The quantitative estimate of drug-likeness (QED) is 0.344. The van der Waals surface area contributed by atoms with Gasteiger partial charge in [-0.15, -0.1) is 66.5 Å². The third-order valence-corrected chi connectivity index (χ3v) is 33.4. The Hall–Kier alpha value is 2.60. The highest BCUT2D eigenvalue weighted by atomic mass is 35.9. The van der Waals surface area contributed by atoms with Crippen molar-refractivity contribution >= 4 is 84.8 Å². The highest BCUT2D eigenvalue weighted by molar-refractivity contribution is 8.44. The third kappa shape index (κ3) is 5.46. The van der Waals surface area contributed by atoms with E-state index in [1.54, 1.807) is 0 Å². The lowest BCUT2D eigenvalue weighted by Crippen LogP contribution is -2.33. The van der Waals surface area contributed by atoms with Crippen LogP contribution < -0.4 is 0 Å². The van der Waals surface area contributed by atoms with E-state index in [0.29, 0.717) is 0 Å². The average molecular weight is 357 g/mol. The summed E-state index contributed by atoms with van der Waals surface area (Å²) < 4.78 is 0. The molecule has 0 saturated heterocycles. The van der Waals surface area contributed by atoms with Crippen molar-refractivity contribution in [3.05, 3.63) is 0 Å². The minimum absolute atomic E-state index is 0.218. The molecule has 0 heterocycles. The molecule has 0 aromatic carbocycles. The lowest BCUT2D eigenvalue weighted by molar-refractivity contribution is 0.798. The highest BCUT2D eigenvalue weighted by Gasteiger charge is 2.56. The molecule has 0 aromatic heterocycles. The van der Waals surface area contributed by atoms with E-state index in [0.717, 1.165) is 0 Å². The number of hydrogen-bond acceptors (Lipinski definition) is 0. The molecule has 0 amide bonds. The number of hydrogen-bond donors (Lipinski definition) is 0. The van der Waals surface area contributed by atoms with Crippen LogP contribution in [0.1, 0.15) is 20.8 Å². The van der Waals surface area contributed by atoms with Crippen molar-refractivity contribution in [2.24, 2.45) is 0 Å². The normalized spacial score (nSPS) is 15.2. The van der Waals surface area contributed by atoms with E-state index in [-0.39, 0.29) is 5.16 Å². The largest absolute Gasteiger partial charge is 0.366 e. The van der Waals surface area contributed by atoms with Gasteiger partial charge in [0.25, 0.3) is 0 Å². The van der Waals surface area contributed by atoms with Gasteiger partial charge in [0.05, 0.1) is 0 Å². The van der Waals surface area contributed by atoms with E-state index in [1.165, 1.54) is 0 Å². The van der Waals surface area contributed by atoms with Gasteiger partial charge in [-0.05, 0) is 12.2 Å². The minimum Gasteiger partial charge on any atom is -0.121 e. The van der Waals surface area contributed by atoms with Gasteiger partial charge in [0, 0.05) is 0 Å². The Bertz CT molecular complexity index is 145. The molecule has 0 bridgehead atoms. The first-order valence-electron chi connectivity index (χ1n) is 3.30. The molecule has 0 unspecified atom stereocenters. The fourth-order valence-corrected chi connectivity index (χ4v) is 55.5. The summed E-state index contributed by atoms with van der Waals surface area (Å²) >= 11 is 35.7. The fraction of sp³-hybridized carbons (Fsp3) is 1.00. The predicted octanol–water partition coefficient (Wildman–Crippen LogP) is 5.57. The molecular formula is C4H9Cl6PSi2. The van der Waals surface area contributed by atoms with E-state index in [4.69, 9.17) is 66.5 Å². The van der Waals surface area contributed by atoms with Crippen LogP contribution in [0.5, 0.6) is 0 Å². The summed E-state index contributed by atoms with van der Waals surface area (Å²) in [4.78, 5) is 0. The van der Waals surface area contributed by atoms with Crippen LogP contribution in [-0.4, -0.2) is 16.5 Å². The second-order valence-electron chi connectivity index (χ2n) is 3.44. The summed E-state index contributed by atoms with van der Waals surface area (Å²) in [6.45, 7) is 5.84. The summed E-state index contributed by atoms with van der Waals surface area (Å²) in [5.41, 5.74) is -5.82. The van der Waals surface area contributed by atoms with Crippen molar-refractivity contribution in [1.82, 2.24) is 0 Å². The van der Waals surface area contributed by atoms with Crippen molar-refractivity contribution in [3.63, 3.8) is 0 Å². The van der Waals surface area contributed by atoms with Crippen LogP contribution in [0.3, 0.4) is 0 Å². The fourth-order valence-electron chi connectivity index (χ4n) is 0.904. The van der Waals surface area contributed by atoms with E-state index >= 15 is 0 Å². The molecule has 0 nitrogen and oxygen atoms in total. The standard InChI is InChI=1S/C4H9Cl6PSi2/c1-4(2,3)11(12(5,6)7)13(8,9)10/h1-3H3. The van der Waals surface area contributed by atoms with Crippen molar-refractivity contribution in [3.8, 4) is 0 Å². The first-order chi connectivity index (χ1) is 5.37. The molecule has 13 heavy (non-hydrogen) atoms. The van der Waals surface area contributed by atoms with Crippen LogP contribution in [-0.2, 0) is 0 Å². The minimum atomic E-state index is -2.91. The monoisotopic (exact) mass is 354 g/mol. The number of rotatable bonds is 2. The van der Waals surface area contributed by atoms with Crippen molar-refractivity contribution in [1.29, 1.82) is 0 Å². The Kier molecular flexibility index (Phi) is 5.82. The van der Waals surface area contributed by atoms with E-state index in [2.05, 4.69) is 0 Å². The highest BCUT2D eigenvalue weighted by Crippen LogP contribution is 2.71. The Labute approximate surface area is 110 Å². The smallest absolute Gasteiger partial charge is 0.121 e. The molecule has 0 fully saturated rings. The first-order valence-corrected chi connectivity index (χ1v) is 16.4. The molecule has 0 atom stereocenters. The SMILES string of the molecule is CC(C)(C)P([Si](Cl)(Cl)Cl)[Si](Cl)(Cl)Cl. The van der Waals surface area contributed by atoms with E-state index in [9.17, 15) is 0 Å². The van der Waals surface area contributed by atoms with Gasteiger partial charge in [0.15, 0.2) is 0 Å². The van der Waals surface area contributed by atoms with Crippen LogP contribution in [0.15, 0.2) is 0 Å². The Morgan fingerprint density at radius 3 is 1.00 bits per heavy atom. The molecule has 80 valence electrons. The molecule has 0 rings (SSSR count). The molecule has 9 heteroatoms. The lowest BCUT2D eigenvalue weighted by Gasteiger charge is -2.38. The van der Waals surface area contributed by atoms with E-state index in [1.807, 2.05) is 20.8 Å². The Balaban J connectivity index is 5.02. The molecule has 0 aliphatic heterocycles. The van der Waals surface area contributed by atoms with Crippen LogP contribution in [0.25, 0.3) is 0 Å². The summed E-state index contributed by atoms with van der Waals surface area (Å²) in [5.74, 6) is 0. The first kappa shape index (κ1) is 15.6. The van der Waals surface area contributed by atoms with Crippen molar-refractivity contribution in [2.45, 2.75) is 25.9 Å². The van der Waals surface area contributed by atoms with Crippen LogP contribution >= 0.6 is 73.5 Å². The summed E-state index contributed by atoms with van der Waals surface area (Å²) in [6, 6.07) is 0. The maximum atomic E-state index is 5.95. The van der Waals surface area contributed by atoms with Gasteiger partial charge in [-0.1, -0.05) is 20.8 Å². The zero-order valence-corrected chi connectivity index (χ0v) is 14.6. The average Bonchev–Trinajstić information content (AvgIpc) is 1.44. The second-order valence-corrected chi connectivity index (χ2v) is 33.8. The summed E-state index contributed by atoms with van der Waals surface area (Å²) in [6.07, 6.45) is 0. The Morgan fingerprint density at radius 2 is 1.00 bits per heavy atom. The predicted molar refractivity (Wildman–Crippen MR) is 73.3 cm³/mol. The van der Waals surface area contributed by atoms with Crippen molar-refractivity contribution in [2.75, 3.05) is 0 Å². The lowest BCUT2D eigenvalue weighted by atomic mass is 10.3. The van der Waals surface area contributed by atoms with E-state index < -0.39 is 18.4 Å². The van der Waals surface area contributed by atoms with Crippen LogP contribution in [0, 0.1) is 0 Å². The van der Waals surface area contributed by atoms with Gasteiger partial charge in [0.1, 0.15) is 0 Å². The van der Waals surface area contributed by atoms with Crippen LogP contribution in [0.2, 0.25) is 0 Å². The van der Waals surface area contributed by atoms with Gasteiger partial charge in [-0.25, -0.2) is 0 Å². The third-order valence-electron chi connectivity index (χ3n) is 1.18. The van der Waals surface area contributed by atoms with Crippen LogP contribution in [0.4, 0.5) is 0 Å². The zero-order valence-electron chi connectivity index (χ0n) is 7.22. The van der Waals surface area contributed by atoms with Gasteiger partial charge in [0.2, 0.25) is 0 Å². The number of halogens is 6. The Morgan fingerprint density at radius 1 is 0.769 bits per heavy atom. The molecule has 0 radical (unpaired) electrons. The molecular weight excluding hydrogens is 348 g/mol. The summed E-state index contributed by atoms with van der Waals surface area (Å²) in [5, 5.41) is -0.218.